The fraction of sp³-hybridized carbons (Fsp3) is 0.333. The zero-order valence-corrected chi connectivity index (χ0v) is 7.20. The average Bonchev–Trinajstić information content (AvgIpc) is 2.44. The normalized spacial score (nSPS) is 21.5. The molecule has 1 aromatic rings. The fourth-order valence-corrected chi connectivity index (χ4v) is 1.33. The lowest BCUT2D eigenvalue weighted by molar-refractivity contribution is 0.991. The molecule has 0 aromatic carbocycles. The quantitative estimate of drug-likeness (QED) is 0.606. The maximum atomic E-state index is 4.34. The van der Waals surface area contributed by atoms with Crippen LogP contribution in [-0.4, -0.2) is 17.0 Å². The van der Waals surface area contributed by atoms with Crippen LogP contribution in [0.1, 0.15) is 25.5 Å². The molecule has 0 saturated heterocycles. The number of H-pyrrole nitrogens is 1. The topological polar surface area (TPSA) is 40.5 Å². The molecule has 3 nitrogen and oxygen atoms in total. The third kappa shape index (κ3) is 1.07. The molecule has 1 unspecified atom stereocenters. The number of hydrogen-bond donors (Lipinski definition) is 1. The molecule has 0 bridgehead atoms. The van der Waals surface area contributed by atoms with Crippen molar-refractivity contribution in [1.82, 2.24) is 4.98 Å². The molecule has 2 rings (SSSR count). The first kappa shape index (κ1) is 7.28. The third-order valence-electron chi connectivity index (χ3n) is 1.98. The van der Waals surface area contributed by atoms with Gasteiger partial charge in [-0.3, -0.25) is 0 Å². The van der Waals surface area contributed by atoms with Crippen LogP contribution in [0.3, 0.4) is 0 Å². The molecule has 0 fully saturated rings. The number of fused-ring (bicyclic) bond motifs is 1. The number of aromatic amines is 1. The van der Waals surface area contributed by atoms with Crippen LogP contribution in [-0.2, 0) is 0 Å². The zero-order chi connectivity index (χ0) is 8.55. The first-order valence-corrected chi connectivity index (χ1v) is 4.04. The van der Waals surface area contributed by atoms with E-state index in [0.29, 0.717) is 5.92 Å². The second-order valence-electron chi connectivity index (χ2n) is 3.00. The summed E-state index contributed by atoms with van der Waals surface area (Å²) < 4.78 is 0. The maximum Gasteiger partial charge on any atom is 0.125 e. The Morgan fingerprint density at radius 3 is 3.17 bits per heavy atom. The first-order valence-electron chi connectivity index (χ1n) is 4.04. The Labute approximate surface area is 71.3 Å². The van der Waals surface area contributed by atoms with Crippen molar-refractivity contribution in [1.29, 1.82) is 0 Å². The van der Waals surface area contributed by atoms with Crippen molar-refractivity contribution in [2.45, 2.75) is 19.8 Å². The summed E-state index contributed by atoms with van der Waals surface area (Å²) in [7, 11) is 0. The van der Waals surface area contributed by atoms with Gasteiger partial charge >= 0.3 is 0 Å². The van der Waals surface area contributed by atoms with Crippen LogP contribution >= 0.6 is 0 Å². The molecule has 1 atom stereocenters. The highest BCUT2D eigenvalue weighted by molar-refractivity contribution is 5.93. The molecule has 12 heavy (non-hydrogen) atoms. The Morgan fingerprint density at radius 1 is 1.50 bits per heavy atom. The van der Waals surface area contributed by atoms with Crippen LogP contribution in [0.5, 0.6) is 0 Å². The Hall–Kier alpha value is -1.38. The van der Waals surface area contributed by atoms with Crippen LogP contribution < -0.4 is 0 Å². The third-order valence-corrected chi connectivity index (χ3v) is 1.98. The largest absolute Gasteiger partial charge is 0.363 e. The van der Waals surface area contributed by atoms with Crippen LogP contribution in [0.4, 0.5) is 5.69 Å². The van der Waals surface area contributed by atoms with Gasteiger partial charge in [-0.25, -0.2) is 9.98 Å². The smallest absolute Gasteiger partial charge is 0.125 e. The zero-order valence-electron chi connectivity index (χ0n) is 7.20. The second-order valence-corrected chi connectivity index (χ2v) is 3.00. The van der Waals surface area contributed by atoms with Gasteiger partial charge in [-0.2, -0.15) is 0 Å². The van der Waals surface area contributed by atoms with Crippen LogP contribution in [0.25, 0.3) is 0 Å². The lowest BCUT2D eigenvalue weighted by Crippen LogP contribution is -1.94. The highest BCUT2D eigenvalue weighted by Crippen LogP contribution is 2.26. The first-order chi connectivity index (χ1) is 5.77. The van der Waals surface area contributed by atoms with E-state index in [2.05, 4.69) is 21.9 Å². The van der Waals surface area contributed by atoms with E-state index in [1.807, 2.05) is 25.4 Å². The minimum absolute atomic E-state index is 0.330. The lowest BCUT2D eigenvalue weighted by Gasteiger charge is -2.00. The predicted octanol–water partition coefficient (Wildman–Crippen LogP) is 2.25. The Bertz CT molecular complexity index is 346. The SMILES string of the molecule is CC1=Nc2cc[nH]c2C(C)C=N1. The molecule has 0 spiro atoms. The van der Waals surface area contributed by atoms with Crippen LogP contribution in [0.15, 0.2) is 22.2 Å². The minimum Gasteiger partial charge on any atom is -0.363 e. The van der Waals surface area contributed by atoms with E-state index >= 15 is 0 Å². The number of amidine groups is 1. The van der Waals surface area contributed by atoms with Gasteiger partial charge in [-0.05, 0) is 13.0 Å². The molecule has 1 aliphatic rings. The van der Waals surface area contributed by atoms with Gasteiger partial charge in [0, 0.05) is 24.0 Å². The highest BCUT2D eigenvalue weighted by atomic mass is 14.9. The summed E-state index contributed by atoms with van der Waals surface area (Å²) in [4.78, 5) is 11.7. The van der Waals surface area contributed by atoms with E-state index in [-0.39, 0.29) is 0 Å². The molecule has 62 valence electrons. The van der Waals surface area contributed by atoms with Gasteiger partial charge < -0.3 is 4.98 Å². The van der Waals surface area contributed by atoms with Gasteiger partial charge in [-0.1, -0.05) is 6.92 Å². The monoisotopic (exact) mass is 161 g/mol. The molecule has 0 saturated carbocycles. The predicted molar refractivity (Wildman–Crippen MR) is 50.5 cm³/mol. The number of aliphatic imine (C=N–C) groups is 2. The van der Waals surface area contributed by atoms with Gasteiger partial charge in [0.2, 0.25) is 0 Å². The maximum absolute atomic E-state index is 4.34. The van der Waals surface area contributed by atoms with Gasteiger partial charge in [0.25, 0.3) is 0 Å². The van der Waals surface area contributed by atoms with Gasteiger partial charge in [0.1, 0.15) is 5.84 Å². The molecule has 3 heteroatoms. The number of rotatable bonds is 0. The summed E-state index contributed by atoms with van der Waals surface area (Å²) in [6.07, 6.45) is 3.83. The Balaban J connectivity index is 2.55. The summed E-state index contributed by atoms with van der Waals surface area (Å²) in [6.45, 7) is 4.01. The fourth-order valence-electron chi connectivity index (χ4n) is 1.33. The summed E-state index contributed by atoms with van der Waals surface area (Å²) in [5, 5.41) is 0. The van der Waals surface area contributed by atoms with E-state index in [0.717, 1.165) is 17.2 Å². The van der Waals surface area contributed by atoms with Crippen molar-refractivity contribution >= 4 is 17.7 Å². The summed E-state index contributed by atoms with van der Waals surface area (Å²) >= 11 is 0. The van der Waals surface area contributed by atoms with E-state index in [1.54, 1.807) is 0 Å². The van der Waals surface area contributed by atoms with E-state index in [4.69, 9.17) is 0 Å². The molecule has 1 N–H and O–H groups in total. The molecule has 0 radical (unpaired) electrons. The van der Waals surface area contributed by atoms with Crippen molar-refractivity contribution in [3.8, 4) is 0 Å². The Morgan fingerprint density at radius 2 is 2.33 bits per heavy atom. The van der Waals surface area contributed by atoms with Crippen LogP contribution in [0.2, 0.25) is 0 Å². The van der Waals surface area contributed by atoms with Gasteiger partial charge in [0.15, 0.2) is 0 Å². The second kappa shape index (κ2) is 2.59. The van der Waals surface area contributed by atoms with Crippen LogP contribution in [0, 0.1) is 0 Å². The van der Waals surface area contributed by atoms with Crippen molar-refractivity contribution in [2.75, 3.05) is 0 Å². The average molecular weight is 161 g/mol. The molecule has 0 aliphatic carbocycles. The number of aromatic nitrogens is 1. The molecule has 1 aliphatic heterocycles. The molecule has 1 aromatic heterocycles. The van der Waals surface area contributed by atoms with Crippen molar-refractivity contribution in [3.63, 3.8) is 0 Å². The van der Waals surface area contributed by atoms with Gasteiger partial charge in [-0.15, -0.1) is 0 Å². The van der Waals surface area contributed by atoms with Gasteiger partial charge in [0.05, 0.1) is 5.69 Å². The van der Waals surface area contributed by atoms with Crippen molar-refractivity contribution in [3.05, 3.63) is 18.0 Å². The van der Waals surface area contributed by atoms with E-state index < -0.39 is 0 Å². The summed E-state index contributed by atoms with van der Waals surface area (Å²) in [6, 6.07) is 1.98. The number of nitrogens with one attached hydrogen (secondary N) is 1. The lowest BCUT2D eigenvalue weighted by atomic mass is 10.1. The molecular weight excluding hydrogens is 150 g/mol. The molecular formula is C9H11N3. The van der Waals surface area contributed by atoms with Crippen molar-refractivity contribution < 1.29 is 0 Å². The number of nitrogens with zero attached hydrogens (tertiary/aromatic N) is 2. The van der Waals surface area contributed by atoms with E-state index in [9.17, 15) is 0 Å². The highest BCUT2D eigenvalue weighted by Gasteiger charge is 2.11. The summed E-state index contributed by atoms with van der Waals surface area (Å²) in [5.41, 5.74) is 2.16. The van der Waals surface area contributed by atoms with E-state index in [1.165, 1.54) is 0 Å². The summed E-state index contributed by atoms with van der Waals surface area (Å²) in [5.74, 6) is 1.15. The van der Waals surface area contributed by atoms with Crippen molar-refractivity contribution in [2.24, 2.45) is 9.98 Å². The molecule has 0 amide bonds. The molecule has 2 heterocycles. The number of hydrogen-bond acceptors (Lipinski definition) is 2. The standard InChI is InChI=1S/C9H11N3/c1-6-5-11-7(2)12-8-3-4-10-9(6)8/h3-6,10H,1-2H3. The minimum atomic E-state index is 0.330. The Kier molecular flexibility index (Phi) is 1.57.